The average molecular weight is 603 g/mol. The molecule has 1 unspecified atom stereocenters. The van der Waals surface area contributed by atoms with Gasteiger partial charge in [-0.15, -0.1) is 0 Å². The van der Waals surface area contributed by atoms with Gasteiger partial charge in [0.2, 0.25) is 5.78 Å². The van der Waals surface area contributed by atoms with Crippen molar-refractivity contribution in [2.24, 2.45) is 0 Å². The highest BCUT2D eigenvalue weighted by Crippen LogP contribution is 2.30. The average Bonchev–Trinajstić information content (AvgIpc) is 3.42. The summed E-state index contributed by atoms with van der Waals surface area (Å²) in [4.78, 5) is 27.5. The molecule has 0 spiro atoms. The number of rotatable bonds is 11. The van der Waals surface area contributed by atoms with Gasteiger partial charge in [0.25, 0.3) is 5.91 Å². The van der Waals surface area contributed by atoms with E-state index in [1.54, 1.807) is 58.0 Å². The van der Waals surface area contributed by atoms with Crippen molar-refractivity contribution in [3.63, 3.8) is 0 Å². The van der Waals surface area contributed by atoms with Crippen molar-refractivity contribution < 1.29 is 23.1 Å². The molecular formula is C33H36F2N6O3. The van der Waals surface area contributed by atoms with Crippen LogP contribution < -0.4 is 21.1 Å². The molecule has 2 heterocycles. The van der Waals surface area contributed by atoms with Crippen LogP contribution in [0.15, 0.2) is 97.0 Å². The van der Waals surface area contributed by atoms with Crippen LogP contribution in [-0.4, -0.2) is 38.0 Å². The van der Waals surface area contributed by atoms with E-state index in [4.69, 9.17) is 10.5 Å². The first-order valence-corrected chi connectivity index (χ1v) is 13.9. The molecule has 230 valence electrons. The van der Waals surface area contributed by atoms with E-state index in [1.807, 2.05) is 6.92 Å². The summed E-state index contributed by atoms with van der Waals surface area (Å²) in [6, 6.07) is 10.3. The number of hydrogen-bond donors (Lipinski definition) is 3. The highest BCUT2D eigenvalue weighted by atomic mass is 19.1. The quantitative estimate of drug-likeness (QED) is 0.177. The number of ether oxygens (including phenoxy) is 1. The third-order valence-corrected chi connectivity index (χ3v) is 7.03. The first-order chi connectivity index (χ1) is 20.7. The summed E-state index contributed by atoms with van der Waals surface area (Å²) < 4.78 is 36.2. The molecule has 44 heavy (non-hydrogen) atoms. The van der Waals surface area contributed by atoms with Crippen LogP contribution in [-0.2, 0) is 4.79 Å². The van der Waals surface area contributed by atoms with Crippen molar-refractivity contribution in [2.45, 2.75) is 52.6 Å². The van der Waals surface area contributed by atoms with Crippen LogP contribution >= 0.6 is 0 Å². The van der Waals surface area contributed by atoms with Crippen LogP contribution in [0.4, 0.5) is 14.6 Å². The van der Waals surface area contributed by atoms with E-state index < -0.39 is 29.0 Å². The third kappa shape index (κ3) is 6.56. The summed E-state index contributed by atoms with van der Waals surface area (Å²) in [7, 11) is 0. The normalized spacial score (nSPS) is 15.7. The number of aryl methyl sites for hydroxylation is 1. The molecule has 1 amide bonds. The van der Waals surface area contributed by atoms with Crippen molar-refractivity contribution in [1.29, 1.82) is 0 Å². The Morgan fingerprint density at radius 3 is 2.57 bits per heavy atom. The van der Waals surface area contributed by atoms with Gasteiger partial charge in [-0.3, -0.25) is 14.5 Å². The maximum Gasteiger partial charge on any atom is 0.253 e. The maximum absolute atomic E-state index is 15.1. The predicted octanol–water partition coefficient (Wildman–Crippen LogP) is 6.20. The van der Waals surface area contributed by atoms with E-state index in [2.05, 4.69) is 28.9 Å². The topological polar surface area (TPSA) is 115 Å². The van der Waals surface area contributed by atoms with Gasteiger partial charge in [0, 0.05) is 5.70 Å². The van der Waals surface area contributed by atoms with Crippen molar-refractivity contribution in [1.82, 2.24) is 25.3 Å². The monoisotopic (exact) mass is 602 g/mol. The number of aromatic nitrogens is 2. The van der Waals surface area contributed by atoms with E-state index in [0.717, 1.165) is 5.56 Å². The fourth-order valence-corrected chi connectivity index (χ4v) is 4.77. The van der Waals surface area contributed by atoms with Crippen molar-refractivity contribution in [3.05, 3.63) is 114 Å². The molecule has 3 aromatic rings. The number of nitrogen functional groups attached to an aromatic ring is 1. The number of anilines is 1. The number of amides is 1. The second-order valence-corrected chi connectivity index (χ2v) is 11.1. The first-order valence-electron chi connectivity index (χ1n) is 13.9. The molecule has 0 saturated carbocycles. The number of carbonyl (C=O) groups is 2. The summed E-state index contributed by atoms with van der Waals surface area (Å²) in [5.74, 6) is -0.870. The standard InChI is InChI=1S/C33H36F2N6O3/c1-19(2)38-27(13-10-12-25(34)21(4)40-22(5)39-33(6,7)32(40)43)30(42)24-18-37-41(31(24)36)28-16-15-23(17-20(28)3)44-29-14-9-8-11-26(29)35/h8-9,11-18,21,38-39H,1,5,10,36H2,2-4,6-7H3/b25-12+,27-13-. The predicted molar refractivity (Wildman–Crippen MR) is 166 cm³/mol. The van der Waals surface area contributed by atoms with Crippen molar-refractivity contribution in [2.75, 3.05) is 5.73 Å². The van der Waals surface area contributed by atoms with Crippen molar-refractivity contribution in [3.8, 4) is 17.2 Å². The molecule has 0 aliphatic carbocycles. The summed E-state index contributed by atoms with van der Waals surface area (Å²) in [5.41, 5.74) is 7.57. The van der Waals surface area contributed by atoms with Crippen LogP contribution in [0.2, 0.25) is 0 Å². The Hall–Kier alpha value is -5.19. The maximum atomic E-state index is 15.1. The van der Waals surface area contributed by atoms with Gasteiger partial charge in [0.1, 0.15) is 28.8 Å². The molecule has 0 bridgehead atoms. The van der Waals surface area contributed by atoms with Gasteiger partial charge in [-0.05, 0) is 83.0 Å². The van der Waals surface area contributed by atoms with E-state index in [1.165, 1.54) is 40.1 Å². The molecule has 1 fully saturated rings. The molecule has 1 saturated heterocycles. The number of nitrogens with zero attached hydrogens (tertiary/aromatic N) is 3. The fourth-order valence-electron chi connectivity index (χ4n) is 4.77. The Labute approximate surface area is 255 Å². The highest BCUT2D eigenvalue weighted by molar-refractivity contribution is 6.11. The number of benzene rings is 2. The van der Waals surface area contributed by atoms with Gasteiger partial charge < -0.3 is 21.1 Å². The molecule has 1 aromatic heterocycles. The van der Waals surface area contributed by atoms with Gasteiger partial charge in [-0.1, -0.05) is 31.4 Å². The minimum absolute atomic E-state index is 0.0411. The molecule has 1 atom stereocenters. The van der Waals surface area contributed by atoms with Gasteiger partial charge in [-0.25, -0.2) is 13.5 Å². The number of Topliss-reactive ketones (excluding diaryl/α,β-unsaturated/α-hetero) is 1. The lowest BCUT2D eigenvalue weighted by Gasteiger charge is -2.23. The SMILES string of the molecule is C=C(C)N/C(=C\C/C=C(/F)C(C)N1C(=C)NC(C)(C)C1=O)C(=O)c1cnn(-c2ccc(Oc3ccccc3F)cc2C)c1N. The fraction of sp³-hybridized carbons (Fsp3) is 0.242. The van der Waals surface area contributed by atoms with E-state index in [-0.39, 0.29) is 35.2 Å². The minimum Gasteiger partial charge on any atom is -0.454 e. The molecule has 1 aliphatic heterocycles. The number of para-hydroxylation sites is 1. The molecule has 4 N–H and O–H groups in total. The Bertz CT molecular complexity index is 1700. The summed E-state index contributed by atoms with van der Waals surface area (Å²) in [6.45, 7) is 16.1. The number of carbonyl (C=O) groups excluding carboxylic acids is 2. The molecule has 1 aliphatic rings. The van der Waals surface area contributed by atoms with Gasteiger partial charge in [0.15, 0.2) is 11.6 Å². The van der Waals surface area contributed by atoms with Crippen LogP contribution in [0.25, 0.3) is 5.69 Å². The van der Waals surface area contributed by atoms with Crippen LogP contribution in [0.1, 0.15) is 50.0 Å². The third-order valence-electron chi connectivity index (χ3n) is 7.03. The molecule has 0 radical (unpaired) electrons. The van der Waals surface area contributed by atoms with Gasteiger partial charge >= 0.3 is 0 Å². The second kappa shape index (κ2) is 12.6. The van der Waals surface area contributed by atoms with E-state index >= 15 is 4.39 Å². The molecular weight excluding hydrogens is 566 g/mol. The smallest absolute Gasteiger partial charge is 0.253 e. The summed E-state index contributed by atoms with van der Waals surface area (Å²) >= 11 is 0. The highest BCUT2D eigenvalue weighted by Gasteiger charge is 2.43. The lowest BCUT2D eigenvalue weighted by molar-refractivity contribution is -0.131. The lowest BCUT2D eigenvalue weighted by Crippen LogP contribution is -2.42. The largest absolute Gasteiger partial charge is 0.454 e. The zero-order valence-electron chi connectivity index (χ0n) is 25.4. The molecule has 9 nitrogen and oxygen atoms in total. The number of nitrogens with two attached hydrogens (primary N) is 1. The second-order valence-electron chi connectivity index (χ2n) is 11.1. The molecule has 4 rings (SSSR count). The van der Waals surface area contributed by atoms with Crippen LogP contribution in [0.3, 0.4) is 0 Å². The van der Waals surface area contributed by atoms with Gasteiger partial charge in [-0.2, -0.15) is 5.10 Å². The van der Waals surface area contributed by atoms with Crippen LogP contribution in [0, 0.1) is 12.7 Å². The number of ketones is 1. The summed E-state index contributed by atoms with van der Waals surface area (Å²) in [6.07, 6.45) is 4.21. The summed E-state index contributed by atoms with van der Waals surface area (Å²) in [5, 5.41) is 10.2. The zero-order chi connectivity index (χ0) is 32.3. The van der Waals surface area contributed by atoms with Crippen molar-refractivity contribution >= 4 is 17.5 Å². The number of hydrogen-bond acceptors (Lipinski definition) is 7. The minimum atomic E-state index is -0.883. The lowest BCUT2D eigenvalue weighted by atomic mass is 10.1. The Morgan fingerprint density at radius 2 is 1.95 bits per heavy atom. The van der Waals surface area contributed by atoms with E-state index in [9.17, 15) is 14.0 Å². The molecule has 2 aromatic carbocycles. The number of halogens is 2. The van der Waals surface area contributed by atoms with E-state index in [0.29, 0.717) is 23.0 Å². The van der Waals surface area contributed by atoms with Gasteiger partial charge in [0.05, 0.1) is 29.2 Å². The Balaban J connectivity index is 1.54. The first kappa shape index (κ1) is 31.7. The Kier molecular flexibility index (Phi) is 9.08. The molecule has 11 heteroatoms. The zero-order valence-corrected chi connectivity index (χ0v) is 25.4. The Morgan fingerprint density at radius 1 is 1.25 bits per heavy atom. The van der Waals surface area contributed by atoms with Crippen LogP contribution in [0.5, 0.6) is 11.5 Å². The number of allylic oxidation sites excluding steroid dienone is 4. The number of nitrogens with one attached hydrogen (secondary N) is 2.